The van der Waals surface area contributed by atoms with Crippen LogP contribution < -0.4 is 0 Å². The molecule has 0 fully saturated rings. The van der Waals surface area contributed by atoms with Gasteiger partial charge in [0.25, 0.3) is 0 Å². The lowest BCUT2D eigenvalue weighted by atomic mass is 9.94. The molecular formula is C36H22BrN. The van der Waals surface area contributed by atoms with E-state index in [2.05, 4.69) is 154 Å². The fourth-order valence-corrected chi connectivity index (χ4v) is 6.53. The minimum Gasteiger partial charge on any atom is -0.309 e. The van der Waals surface area contributed by atoms with Gasteiger partial charge in [-0.15, -0.1) is 0 Å². The average molecular weight is 548 g/mol. The Morgan fingerprint density at radius 3 is 1.66 bits per heavy atom. The third-order valence-corrected chi connectivity index (χ3v) is 8.31. The van der Waals surface area contributed by atoms with E-state index in [4.69, 9.17) is 0 Å². The largest absolute Gasteiger partial charge is 0.309 e. The number of nitrogens with zero attached hydrogens (tertiary/aromatic N) is 1. The molecule has 0 amide bonds. The number of hydrogen-bond donors (Lipinski definition) is 0. The number of para-hydroxylation sites is 1. The molecular weight excluding hydrogens is 526 g/mol. The lowest BCUT2D eigenvalue weighted by molar-refractivity contribution is 1.19. The molecule has 1 aromatic heterocycles. The fourth-order valence-electron chi connectivity index (χ4n) is 6.13. The molecule has 1 heterocycles. The summed E-state index contributed by atoms with van der Waals surface area (Å²) in [6.45, 7) is 0. The lowest BCUT2D eigenvalue weighted by Gasteiger charge is -2.14. The van der Waals surface area contributed by atoms with Gasteiger partial charge in [-0.1, -0.05) is 107 Å². The highest BCUT2D eigenvalue weighted by molar-refractivity contribution is 9.10. The van der Waals surface area contributed by atoms with Crippen molar-refractivity contribution in [3.8, 4) is 16.8 Å². The first-order chi connectivity index (χ1) is 18.8. The minimum absolute atomic E-state index is 1.09. The summed E-state index contributed by atoms with van der Waals surface area (Å²) < 4.78 is 3.51. The van der Waals surface area contributed by atoms with Crippen LogP contribution in [-0.2, 0) is 0 Å². The highest BCUT2D eigenvalue weighted by Crippen LogP contribution is 2.39. The van der Waals surface area contributed by atoms with Gasteiger partial charge in [-0.05, 0) is 85.9 Å². The second-order valence-electron chi connectivity index (χ2n) is 9.92. The van der Waals surface area contributed by atoms with E-state index in [1.807, 2.05) is 0 Å². The van der Waals surface area contributed by atoms with Crippen molar-refractivity contribution in [1.82, 2.24) is 4.57 Å². The lowest BCUT2D eigenvalue weighted by Crippen LogP contribution is -1.94. The van der Waals surface area contributed by atoms with Crippen LogP contribution in [0, 0.1) is 0 Å². The Morgan fingerprint density at radius 2 is 0.947 bits per heavy atom. The van der Waals surface area contributed by atoms with Gasteiger partial charge in [0, 0.05) is 20.9 Å². The number of hydrogen-bond acceptors (Lipinski definition) is 0. The molecule has 1 nitrogen and oxygen atoms in total. The summed E-state index contributed by atoms with van der Waals surface area (Å²) in [5, 5.41) is 10.3. The van der Waals surface area contributed by atoms with Gasteiger partial charge in [-0.3, -0.25) is 0 Å². The van der Waals surface area contributed by atoms with Gasteiger partial charge in [-0.25, -0.2) is 0 Å². The zero-order valence-electron chi connectivity index (χ0n) is 20.5. The zero-order valence-corrected chi connectivity index (χ0v) is 22.1. The highest BCUT2D eigenvalue weighted by atomic mass is 79.9. The summed E-state index contributed by atoms with van der Waals surface area (Å²) >= 11 is 3.63. The smallest absolute Gasteiger partial charge is 0.0541 e. The summed E-state index contributed by atoms with van der Waals surface area (Å²) in [5.74, 6) is 0. The van der Waals surface area contributed by atoms with Crippen molar-refractivity contribution in [3.05, 3.63) is 138 Å². The van der Waals surface area contributed by atoms with Crippen molar-refractivity contribution in [1.29, 1.82) is 0 Å². The van der Waals surface area contributed by atoms with Crippen LogP contribution in [0.5, 0.6) is 0 Å². The Bertz CT molecular complexity index is 2170. The molecule has 0 bridgehead atoms. The molecule has 0 saturated heterocycles. The monoisotopic (exact) mass is 547 g/mol. The molecule has 0 atom stereocenters. The average Bonchev–Trinajstić information content (AvgIpc) is 3.31. The highest BCUT2D eigenvalue weighted by Gasteiger charge is 2.15. The maximum atomic E-state index is 3.63. The third-order valence-electron chi connectivity index (χ3n) is 7.82. The predicted octanol–water partition coefficient (Wildman–Crippen LogP) is 10.7. The maximum Gasteiger partial charge on any atom is 0.0541 e. The molecule has 0 aliphatic heterocycles. The third kappa shape index (κ3) is 3.17. The van der Waals surface area contributed by atoms with Gasteiger partial charge >= 0.3 is 0 Å². The molecule has 0 N–H and O–H groups in total. The molecule has 38 heavy (non-hydrogen) atoms. The van der Waals surface area contributed by atoms with E-state index in [9.17, 15) is 0 Å². The summed E-state index contributed by atoms with van der Waals surface area (Å²) in [7, 11) is 0. The van der Waals surface area contributed by atoms with Crippen molar-refractivity contribution >= 4 is 70.1 Å². The summed E-state index contributed by atoms with van der Waals surface area (Å²) in [5.41, 5.74) is 6.05. The first kappa shape index (κ1) is 21.7. The van der Waals surface area contributed by atoms with Crippen molar-refractivity contribution < 1.29 is 0 Å². The van der Waals surface area contributed by atoms with Crippen molar-refractivity contribution in [2.75, 3.05) is 0 Å². The fraction of sp³-hybridized carbons (Fsp3) is 0. The van der Waals surface area contributed by atoms with E-state index in [0.717, 1.165) is 4.47 Å². The number of rotatable bonds is 2. The van der Waals surface area contributed by atoms with Gasteiger partial charge in [-0.2, -0.15) is 0 Å². The second kappa shape index (κ2) is 8.31. The number of aromatic nitrogens is 1. The molecule has 0 radical (unpaired) electrons. The van der Waals surface area contributed by atoms with E-state index in [0.29, 0.717) is 0 Å². The van der Waals surface area contributed by atoms with Crippen molar-refractivity contribution in [2.45, 2.75) is 0 Å². The molecule has 0 spiro atoms. The van der Waals surface area contributed by atoms with Crippen molar-refractivity contribution in [2.24, 2.45) is 0 Å². The van der Waals surface area contributed by atoms with Gasteiger partial charge in [0.15, 0.2) is 0 Å². The number of halogens is 1. The van der Waals surface area contributed by atoms with Crippen LogP contribution in [0.1, 0.15) is 0 Å². The van der Waals surface area contributed by atoms with Crippen LogP contribution >= 0.6 is 15.9 Å². The van der Waals surface area contributed by atoms with Crippen LogP contribution in [0.25, 0.3) is 70.9 Å². The number of fused-ring (bicyclic) bond motifs is 9. The molecule has 8 aromatic rings. The van der Waals surface area contributed by atoms with E-state index < -0.39 is 0 Å². The Balaban J connectivity index is 1.44. The van der Waals surface area contributed by atoms with E-state index in [1.54, 1.807) is 0 Å². The maximum absolute atomic E-state index is 3.63. The molecule has 0 aliphatic rings. The summed E-state index contributed by atoms with van der Waals surface area (Å²) in [6.07, 6.45) is 0. The Hall–Kier alpha value is -4.40. The molecule has 0 unspecified atom stereocenters. The van der Waals surface area contributed by atoms with Crippen LogP contribution in [0.15, 0.2) is 138 Å². The van der Waals surface area contributed by atoms with E-state index in [1.165, 1.54) is 70.9 Å². The van der Waals surface area contributed by atoms with Gasteiger partial charge in [0.05, 0.1) is 11.0 Å². The van der Waals surface area contributed by atoms with Gasteiger partial charge in [0.2, 0.25) is 0 Å². The molecule has 0 aliphatic carbocycles. The van der Waals surface area contributed by atoms with Crippen LogP contribution in [0.3, 0.4) is 0 Å². The first-order valence-corrected chi connectivity index (χ1v) is 13.7. The SMILES string of the molecule is Brc1cccc(-c2ccc3c(c2)c2ccccc2n3-c2ccc3c4ccccc4c4ccccc4c3c2)c1. The summed E-state index contributed by atoms with van der Waals surface area (Å²) in [4.78, 5) is 0. The Labute approximate surface area is 228 Å². The second-order valence-corrected chi connectivity index (χ2v) is 10.8. The molecule has 2 heteroatoms. The van der Waals surface area contributed by atoms with Crippen LogP contribution in [0.4, 0.5) is 0 Å². The number of benzene rings is 7. The van der Waals surface area contributed by atoms with E-state index >= 15 is 0 Å². The van der Waals surface area contributed by atoms with Crippen LogP contribution in [0.2, 0.25) is 0 Å². The predicted molar refractivity (Wildman–Crippen MR) is 166 cm³/mol. The van der Waals surface area contributed by atoms with Gasteiger partial charge in [0.1, 0.15) is 0 Å². The Kier molecular flexibility index (Phi) is 4.74. The van der Waals surface area contributed by atoms with E-state index in [-0.39, 0.29) is 0 Å². The minimum atomic E-state index is 1.09. The standard InChI is InChI=1S/C36H22BrN/c37-25-9-7-8-23(20-25)24-16-19-36-34(21-24)32-14-5-6-15-35(32)38(36)26-17-18-31-29-12-2-1-10-27(29)28-11-3-4-13-30(28)33(31)22-26/h1-22H. The molecule has 178 valence electrons. The topological polar surface area (TPSA) is 4.93 Å². The molecule has 8 rings (SSSR count). The Morgan fingerprint density at radius 1 is 0.368 bits per heavy atom. The van der Waals surface area contributed by atoms with Gasteiger partial charge < -0.3 is 4.57 Å². The van der Waals surface area contributed by atoms with Crippen LogP contribution in [-0.4, -0.2) is 4.57 Å². The van der Waals surface area contributed by atoms with Crippen molar-refractivity contribution in [3.63, 3.8) is 0 Å². The molecule has 0 saturated carbocycles. The normalized spacial score (nSPS) is 11.8. The molecule has 7 aromatic carbocycles. The zero-order chi connectivity index (χ0) is 25.2. The summed E-state index contributed by atoms with van der Waals surface area (Å²) in [6, 6.07) is 48.6. The first-order valence-electron chi connectivity index (χ1n) is 12.9. The quantitative estimate of drug-likeness (QED) is 0.189.